The van der Waals surface area contributed by atoms with Gasteiger partial charge in [-0.1, -0.05) is 35.6 Å². The van der Waals surface area contributed by atoms with Gasteiger partial charge in [-0.25, -0.2) is 0 Å². The van der Waals surface area contributed by atoms with Crippen molar-refractivity contribution in [3.8, 4) is 0 Å². The molecule has 26 heavy (non-hydrogen) atoms. The minimum Gasteiger partial charge on any atom is -0.390 e. The van der Waals surface area contributed by atoms with Crippen molar-refractivity contribution in [3.05, 3.63) is 71.4 Å². The molecule has 0 unspecified atom stereocenters. The number of hydrogen-bond acceptors (Lipinski definition) is 2. The normalized spacial score (nSPS) is 11.5. The third kappa shape index (κ3) is 3.22. The Morgan fingerprint density at radius 1 is 0.923 bits per heavy atom. The van der Waals surface area contributed by atoms with Crippen molar-refractivity contribution in [3.63, 3.8) is 0 Å². The SMILES string of the molecule is C[n+]1c(CCCc2cc[n+](CCO)c3ccccc23)sc2ccccc21. The molecule has 2 aromatic heterocycles. The van der Waals surface area contributed by atoms with Gasteiger partial charge in [0.2, 0.25) is 16.0 Å². The smallest absolute Gasteiger partial charge is 0.238 e. The van der Waals surface area contributed by atoms with Crippen molar-refractivity contribution in [2.75, 3.05) is 6.61 Å². The fourth-order valence-corrected chi connectivity index (χ4v) is 4.86. The van der Waals surface area contributed by atoms with Gasteiger partial charge in [0, 0.05) is 30.0 Å². The molecule has 0 aliphatic rings. The number of thiazole rings is 1. The van der Waals surface area contributed by atoms with Gasteiger partial charge in [0.15, 0.2) is 12.7 Å². The number of hydrogen-bond donors (Lipinski definition) is 1. The molecule has 2 aromatic carbocycles. The maximum atomic E-state index is 9.28. The summed E-state index contributed by atoms with van der Waals surface area (Å²) in [6.45, 7) is 0.800. The number of aliphatic hydroxyl groups excluding tert-OH is 1. The minimum absolute atomic E-state index is 0.163. The van der Waals surface area contributed by atoms with E-state index in [0.717, 1.165) is 19.3 Å². The molecule has 0 spiro atoms. The highest BCUT2D eigenvalue weighted by Crippen LogP contribution is 2.22. The molecule has 0 fully saturated rings. The predicted molar refractivity (Wildman–Crippen MR) is 106 cm³/mol. The summed E-state index contributed by atoms with van der Waals surface area (Å²) in [5.41, 5.74) is 3.91. The highest BCUT2D eigenvalue weighted by molar-refractivity contribution is 7.18. The molecule has 4 rings (SSSR count). The highest BCUT2D eigenvalue weighted by Gasteiger charge is 2.16. The van der Waals surface area contributed by atoms with Crippen molar-refractivity contribution < 1.29 is 14.2 Å². The van der Waals surface area contributed by atoms with E-state index in [1.807, 2.05) is 11.3 Å². The van der Waals surface area contributed by atoms with Crippen LogP contribution in [0.2, 0.25) is 0 Å². The molecule has 0 bridgehead atoms. The lowest BCUT2D eigenvalue weighted by atomic mass is 10.0. The van der Waals surface area contributed by atoms with E-state index in [0.29, 0.717) is 6.54 Å². The van der Waals surface area contributed by atoms with E-state index in [1.54, 1.807) is 0 Å². The molecule has 4 aromatic rings. The molecule has 0 radical (unpaired) electrons. The molecular formula is C22H24N2OS+2. The van der Waals surface area contributed by atoms with E-state index >= 15 is 0 Å². The van der Waals surface area contributed by atoms with Crippen LogP contribution in [0.15, 0.2) is 60.8 Å². The second-order valence-corrected chi connectivity index (χ2v) is 7.77. The zero-order chi connectivity index (χ0) is 17.9. The topological polar surface area (TPSA) is 28.0 Å². The number of aliphatic hydroxyl groups is 1. The number of rotatable bonds is 6. The Balaban J connectivity index is 1.54. The van der Waals surface area contributed by atoms with Gasteiger partial charge in [-0.15, -0.1) is 0 Å². The van der Waals surface area contributed by atoms with Crippen molar-refractivity contribution >= 4 is 32.5 Å². The van der Waals surface area contributed by atoms with E-state index in [1.165, 1.54) is 31.7 Å². The zero-order valence-electron chi connectivity index (χ0n) is 15.1. The number of aryl methyl sites for hydroxylation is 3. The van der Waals surface area contributed by atoms with Gasteiger partial charge in [-0.2, -0.15) is 9.13 Å². The van der Waals surface area contributed by atoms with E-state index in [-0.39, 0.29) is 6.61 Å². The lowest BCUT2D eigenvalue weighted by Gasteiger charge is -2.06. The predicted octanol–water partition coefficient (Wildman–Crippen LogP) is 3.33. The summed E-state index contributed by atoms with van der Waals surface area (Å²) in [7, 11) is 2.17. The molecule has 3 nitrogen and oxygen atoms in total. The van der Waals surface area contributed by atoms with E-state index in [4.69, 9.17) is 0 Å². The largest absolute Gasteiger partial charge is 0.390 e. The fraction of sp³-hybridized carbons (Fsp3) is 0.273. The number of pyridine rings is 1. The average Bonchev–Trinajstić information content (AvgIpc) is 3.00. The highest BCUT2D eigenvalue weighted by atomic mass is 32.1. The fourth-order valence-electron chi connectivity index (χ4n) is 3.67. The number of nitrogens with zero attached hydrogens (tertiary/aromatic N) is 2. The summed E-state index contributed by atoms with van der Waals surface area (Å²) in [5, 5.41) is 12.0. The standard InChI is InChI=1S/C22H24N2OS/c1-23-20-10-4-5-11-21(20)26-22(23)12-6-7-17-13-14-24(15-16-25)19-9-3-2-8-18(17)19/h2-5,8-11,13-14,25H,6-7,12,15-16H2,1H3/q+2. The van der Waals surface area contributed by atoms with Gasteiger partial charge >= 0.3 is 0 Å². The van der Waals surface area contributed by atoms with Gasteiger partial charge in [-0.05, 0) is 30.5 Å². The Hall–Kier alpha value is -2.30. The Kier molecular flexibility index (Phi) is 4.96. The molecule has 0 saturated heterocycles. The van der Waals surface area contributed by atoms with Crippen molar-refractivity contribution in [2.45, 2.75) is 25.8 Å². The Morgan fingerprint density at radius 2 is 1.69 bits per heavy atom. The molecular weight excluding hydrogens is 340 g/mol. The molecule has 132 valence electrons. The van der Waals surface area contributed by atoms with Crippen molar-refractivity contribution in [2.24, 2.45) is 7.05 Å². The summed E-state index contributed by atoms with van der Waals surface area (Å²) in [5.74, 6) is 0. The lowest BCUT2D eigenvalue weighted by Crippen LogP contribution is -2.36. The first kappa shape index (κ1) is 17.1. The molecule has 0 amide bonds. The number of fused-ring (bicyclic) bond motifs is 2. The molecule has 2 heterocycles. The molecule has 4 heteroatoms. The van der Waals surface area contributed by atoms with Crippen molar-refractivity contribution in [1.82, 2.24) is 0 Å². The maximum Gasteiger partial charge on any atom is 0.238 e. The summed E-state index contributed by atoms with van der Waals surface area (Å²) in [6, 6.07) is 19.3. The van der Waals surface area contributed by atoms with Gasteiger partial charge < -0.3 is 5.11 Å². The van der Waals surface area contributed by atoms with Crippen LogP contribution in [-0.4, -0.2) is 11.7 Å². The summed E-state index contributed by atoms with van der Waals surface area (Å²) in [6.07, 6.45) is 5.40. The van der Waals surface area contributed by atoms with Crippen LogP contribution in [0.5, 0.6) is 0 Å². The second kappa shape index (κ2) is 7.52. The first-order chi connectivity index (χ1) is 12.8. The molecule has 1 N–H and O–H groups in total. The maximum absolute atomic E-state index is 9.28. The van der Waals surface area contributed by atoms with Crippen LogP contribution in [0.4, 0.5) is 0 Å². The number of benzene rings is 2. The third-order valence-corrected chi connectivity index (χ3v) is 6.30. The second-order valence-electron chi connectivity index (χ2n) is 6.65. The average molecular weight is 365 g/mol. The third-order valence-electron chi connectivity index (χ3n) is 5.02. The van der Waals surface area contributed by atoms with Crippen LogP contribution in [0.25, 0.3) is 21.1 Å². The first-order valence-electron chi connectivity index (χ1n) is 9.15. The lowest BCUT2D eigenvalue weighted by molar-refractivity contribution is -0.672. The minimum atomic E-state index is 0.163. The Labute approximate surface area is 157 Å². The van der Waals surface area contributed by atoms with Crippen LogP contribution in [0.1, 0.15) is 17.0 Å². The summed E-state index contributed by atoms with van der Waals surface area (Å²) < 4.78 is 5.82. The van der Waals surface area contributed by atoms with Crippen LogP contribution in [0, 0.1) is 0 Å². The monoisotopic (exact) mass is 364 g/mol. The van der Waals surface area contributed by atoms with Crippen LogP contribution in [0.3, 0.4) is 0 Å². The summed E-state index contributed by atoms with van der Waals surface area (Å²) >= 11 is 1.90. The first-order valence-corrected chi connectivity index (χ1v) is 9.97. The molecule has 0 atom stereocenters. The van der Waals surface area contributed by atoms with Gasteiger partial charge in [-0.3, -0.25) is 0 Å². The van der Waals surface area contributed by atoms with Gasteiger partial charge in [0.05, 0.1) is 0 Å². The van der Waals surface area contributed by atoms with Gasteiger partial charge in [0.1, 0.15) is 18.4 Å². The van der Waals surface area contributed by atoms with Crippen LogP contribution < -0.4 is 9.13 Å². The Bertz CT molecular complexity index is 1050. The zero-order valence-corrected chi connectivity index (χ0v) is 15.9. The van der Waals surface area contributed by atoms with E-state index in [2.05, 4.69) is 77.0 Å². The number of para-hydroxylation sites is 2. The van der Waals surface area contributed by atoms with Crippen molar-refractivity contribution in [1.29, 1.82) is 0 Å². The molecule has 0 aliphatic carbocycles. The molecule has 0 aliphatic heterocycles. The number of aromatic nitrogens is 2. The summed E-state index contributed by atoms with van der Waals surface area (Å²) in [4.78, 5) is 0. The van der Waals surface area contributed by atoms with Crippen LogP contribution >= 0.6 is 11.3 Å². The van der Waals surface area contributed by atoms with E-state index < -0.39 is 0 Å². The van der Waals surface area contributed by atoms with Gasteiger partial charge in [0.25, 0.3) is 0 Å². The Morgan fingerprint density at radius 3 is 2.50 bits per heavy atom. The van der Waals surface area contributed by atoms with Crippen LogP contribution in [-0.2, 0) is 26.4 Å². The molecule has 0 saturated carbocycles. The quantitative estimate of drug-likeness (QED) is 0.522. The van der Waals surface area contributed by atoms with E-state index in [9.17, 15) is 5.11 Å².